The number of ether oxygens (including phenoxy) is 1. The number of nitrogens with one attached hydrogen (secondary N) is 1. The van der Waals surface area contributed by atoms with Crippen LogP contribution in [-0.2, 0) is 0 Å². The van der Waals surface area contributed by atoms with Crippen LogP contribution >= 0.6 is 0 Å². The fourth-order valence-corrected chi connectivity index (χ4v) is 2.52. The average Bonchev–Trinajstić information content (AvgIpc) is 2.42. The van der Waals surface area contributed by atoms with Crippen LogP contribution in [0.3, 0.4) is 0 Å². The molecule has 1 saturated heterocycles. The van der Waals surface area contributed by atoms with Gasteiger partial charge < -0.3 is 15.2 Å². The Morgan fingerprint density at radius 3 is 2.58 bits per heavy atom. The Bertz CT molecular complexity index is 389. The van der Waals surface area contributed by atoms with E-state index in [2.05, 4.69) is 16.3 Å². The summed E-state index contributed by atoms with van der Waals surface area (Å²) in [6.07, 6.45) is 0.142. The first-order valence-electron chi connectivity index (χ1n) is 7.03. The predicted octanol–water partition coefficient (Wildman–Crippen LogP) is 1.41. The Morgan fingerprint density at radius 2 is 1.95 bits per heavy atom. The Hall–Kier alpha value is -1.10. The molecule has 1 aromatic rings. The molecule has 1 atom stereocenters. The summed E-state index contributed by atoms with van der Waals surface area (Å²) in [6.45, 7) is 8.04. The molecule has 4 nitrogen and oxygen atoms in total. The Labute approximate surface area is 115 Å². The maximum atomic E-state index is 9.77. The lowest BCUT2D eigenvalue weighted by Crippen LogP contribution is -2.46. The summed E-state index contributed by atoms with van der Waals surface area (Å²) in [5.41, 5.74) is 1.08. The summed E-state index contributed by atoms with van der Waals surface area (Å²) in [6, 6.07) is 8.05. The number of nitrogens with zero attached hydrogens (tertiary/aromatic N) is 1. The number of para-hydroxylation sites is 1. The second kappa shape index (κ2) is 6.89. The van der Waals surface area contributed by atoms with Crippen molar-refractivity contribution < 1.29 is 9.84 Å². The van der Waals surface area contributed by atoms with E-state index in [1.54, 1.807) is 0 Å². The summed E-state index contributed by atoms with van der Waals surface area (Å²) < 4.78 is 5.87. The van der Waals surface area contributed by atoms with Gasteiger partial charge in [-0.15, -0.1) is 0 Å². The molecular formula is C15H24N2O2. The van der Waals surface area contributed by atoms with E-state index in [0.717, 1.165) is 37.5 Å². The maximum Gasteiger partial charge on any atom is 0.124 e. The van der Waals surface area contributed by atoms with Crippen molar-refractivity contribution in [1.82, 2.24) is 10.2 Å². The fourth-order valence-electron chi connectivity index (χ4n) is 2.52. The van der Waals surface area contributed by atoms with Crippen molar-refractivity contribution in [3.63, 3.8) is 0 Å². The van der Waals surface area contributed by atoms with Crippen LogP contribution in [-0.4, -0.2) is 48.9 Å². The quantitative estimate of drug-likeness (QED) is 0.844. The molecule has 0 bridgehead atoms. The van der Waals surface area contributed by atoms with Gasteiger partial charge in [-0.3, -0.25) is 4.90 Å². The van der Waals surface area contributed by atoms with E-state index in [9.17, 15) is 5.11 Å². The molecule has 4 heteroatoms. The highest BCUT2D eigenvalue weighted by Gasteiger charge is 2.24. The van der Waals surface area contributed by atoms with Gasteiger partial charge in [0.1, 0.15) is 5.75 Å². The summed E-state index contributed by atoms with van der Waals surface area (Å²) in [5.74, 6) is 0.884. The Balaban J connectivity index is 2.21. The van der Waals surface area contributed by atoms with Crippen molar-refractivity contribution in [3.05, 3.63) is 29.8 Å². The number of piperazine rings is 1. The first-order valence-corrected chi connectivity index (χ1v) is 7.03. The lowest BCUT2D eigenvalue weighted by atomic mass is 10.0. The molecule has 106 valence electrons. The summed E-state index contributed by atoms with van der Waals surface area (Å²) in [5, 5.41) is 13.1. The largest absolute Gasteiger partial charge is 0.491 e. The monoisotopic (exact) mass is 264 g/mol. The van der Waals surface area contributed by atoms with E-state index < -0.39 is 0 Å². The second-order valence-corrected chi connectivity index (χ2v) is 5.19. The topological polar surface area (TPSA) is 44.7 Å². The zero-order valence-corrected chi connectivity index (χ0v) is 11.8. The van der Waals surface area contributed by atoms with E-state index in [4.69, 9.17) is 4.74 Å². The standard InChI is InChI=1S/C15H24N2O2/c1-12(2)19-15-6-4-3-5-13(15)14(11-18)17-9-7-16-8-10-17/h3-6,12,14,16,18H,7-11H2,1-2H3/t14-/m0/s1. The zero-order valence-electron chi connectivity index (χ0n) is 11.8. The van der Waals surface area contributed by atoms with Gasteiger partial charge in [0.25, 0.3) is 0 Å². The minimum Gasteiger partial charge on any atom is -0.491 e. The van der Waals surface area contributed by atoms with Crippen LogP contribution in [0.25, 0.3) is 0 Å². The molecule has 1 aromatic carbocycles. The van der Waals surface area contributed by atoms with Crippen LogP contribution in [0.1, 0.15) is 25.5 Å². The molecule has 1 fully saturated rings. The van der Waals surface area contributed by atoms with Crippen LogP contribution in [0.4, 0.5) is 0 Å². The van der Waals surface area contributed by atoms with Crippen LogP contribution < -0.4 is 10.1 Å². The van der Waals surface area contributed by atoms with E-state index >= 15 is 0 Å². The molecule has 1 heterocycles. The normalized spacial score (nSPS) is 18.5. The van der Waals surface area contributed by atoms with Gasteiger partial charge in [0.15, 0.2) is 0 Å². The van der Waals surface area contributed by atoms with Gasteiger partial charge in [0, 0.05) is 31.7 Å². The molecule has 0 aromatic heterocycles. The molecule has 0 spiro atoms. The van der Waals surface area contributed by atoms with E-state index in [0.29, 0.717) is 0 Å². The van der Waals surface area contributed by atoms with Gasteiger partial charge in [-0.25, -0.2) is 0 Å². The van der Waals surface area contributed by atoms with Crippen molar-refractivity contribution in [3.8, 4) is 5.75 Å². The summed E-state index contributed by atoms with van der Waals surface area (Å²) >= 11 is 0. The molecule has 2 N–H and O–H groups in total. The van der Waals surface area contributed by atoms with Crippen LogP contribution in [0.5, 0.6) is 5.75 Å². The first kappa shape index (κ1) is 14.3. The second-order valence-electron chi connectivity index (χ2n) is 5.19. The zero-order chi connectivity index (χ0) is 13.7. The molecule has 19 heavy (non-hydrogen) atoms. The molecule has 1 aliphatic heterocycles. The Kier molecular flexibility index (Phi) is 5.19. The summed E-state index contributed by atoms with van der Waals surface area (Å²) in [7, 11) is 0. The number of aliphatic hydroxyl groups excluding tert-OH is 1. The molecule has 2 rings (SSSR count). The number of aliphatic hydroxyl groups is 1. The fraction of sp³-hybridized carbons (Fsp3) is 0.600. The molecule has 0 unspecified atom stereocenters. The molecular weight excluding hydrogens is 240 g/mol. The molecule has 1 aliphatic rings. The molecule has 0 amide bonds. The average molecular weight is 264 g/mol. The highest BCUT2D eigenvalue weighted by atomic mass is 16.5. The number of hydrogen-bond acceptors (Lipinski definition) is 4. The SMILES string of the molecule is CC(C)Oc1ccccc1[C@H](CO)N1CCNCC1. The molecule has 0 aliphatic carbocycles. The van der Waals surface area contributed by atoms with Crippen molar-refractivity contribution in [2.24, 2.45) is 0 Å². The van der Waals surface area contributed by atoms with Crippen LogP contribution in [0.2, 0.25) is 0 Å². The van der Waals surface area contributed by atoms with Gasteiger partial charge in [0.2, 0.25) is 0 Å². The minimum atomic E-state index is 0.0250. The van der Waals surface area contributed by atoms with Gasteiger partial charge in [-0.1, -0.05) is 18.2 Å². The van der Waals surface area contributed by atoms with Crippen molar-refractivity contribution in [2.45, 2.75) is 26.0 Å². The lowest BCUT2D eigenvalue weighted by molar-refractivity contribution is 0.107. The number of rotatable bonds is 5. The third-order valence-electron chi connectivity index (χ3n) is 3.41. The highest BCUT2D eigenvalue weighted by Crippen LogP contribution is 2.30. The van der Waals surface area contributed by atoms with Gasteiger partial charge >= 0.3 is 0 Å². The smallest absolute Gasteiger partial charge is 0.124 e. The van der Waals surface area contributed by atoms with Crippen molar-refractivity contribution in [2.75, 3.05) is 32.8 Å². The third-order valence-corrected chi connectivity index (χ3v) is 3.41. The maximum absolute atomic E-state index is 9.77. The van der Waals surface area contributed by atoms with Gasteiger partial charge in [-0.05, 0) is 19.9 Å². The molecule has 0 radical (unpaired) electrons. The summed E-state index contributed by atoms with van der Waals surface area (Å²) in [4.78, 5) is 2.32. The van der Waals surface area contributed by atoms with Crippen LogP contribution in [0.15, 0.2) is 24.3 Å². The highest BCUT2D eigenvalue weighted by molar-refractivity contribution is 5.36. The van der Waals surface area contributed by atoms with Crippen molar-refractivity contribution in [1.29, 1.82) is 0 Å². The predicted molar refractivity (Wildman–Crippen MR) is 76.5 cm³/mol. The van der Waals surface area contributed by atoms with Crippen molar-refractivity contribution >= 4 is 0 Å². The van der Waals surface area contributed by atoms with E-state index in [1.807, 2.05) is 32.0 Å². The van der Waals surface area contributed by atoms with Gasteiger partial charge in [-0.2, -0.15) is 0 Å². The number of benzene rings is 1. The first-order chi connectivity index (χ1) is 9.22. The van der Waals surface area contributed by atoms with E-state index in [1.165, 1.54) is 0 Å². The van der Waals surface area contributed by atoms with Crippen LogP contribution in [0, 0.1) is 0 Å². The lowest BCUT2D eigenvalue weighted by Gasteiger charge is -2.35. The minimum absolute atomic E-state index is 0.0250. The molecule has 0 saturated carbocycles. The third kappa shape index (κ3) is 3.69. The Morgan fingerprint density at radius 1 is 1.26 bits per heavy atom. The van der Waals surface area contributed by atoms with E-state index in [-0.39, 0.29) is 18.8 Å². The number of hydrogen-bond donors (Lipinski definition) is 2. The van der Waals surface area contributed by atoms with Gasteiger partial charge in [0.05, 0.1) is 18.8 Å².